The molecule has 1 saturated heterocycles. The van der Waals surface area contributed by atoms with E-state index in [0.29, 0.717) is 41.0 Å². The van der Waals surface area contributed by atoms with Crippen LogP contribution in [0, 0.1) is 18.8 Å². The fourth-order valence-electron chi connectivity index (χ4n) is 4.80. The van der Waals surface area contributed by atoms with E-state index in [0.717, 1.165) is 11.1 Å². The maximum atomic E-state index is 12.9. The van der Waals surface area contributed by atoms with Crippen LogP contribution in [0.5, 0.6) is 0 Å². The maximum absolute atomic E-state index is 12.9. The molecule has 1 aliphatic carbocycles. The van der Waals surface area contributed by atoms with Gasteiger partial charge in [0, 0.05) is 22.5 Å². The molecule has 0 spiro atoms. The first-order valence-electron chi connectivity index (χ1n) is 12.2. The van der Waals surface area contributed by atoms with Gasteiger partial charge in [0.05, 0.1) is 17.5 Å². The van der Waals surface area contributed by atoms with Gasteiger partial charge in [0.25, 0.3) is 11.8 Å². The molecule has 0 bridgehead atoms. The topological polar surface area (TPSA) is 95.6 Å². The van der Waals surface area contributed by atoms with Gasteiger partial charge in [-0.15, -0.1) is 0 Å². The van der Waals surface area contributed by atoms with Crippen LogP contribution in [-0.2, 0) is 9.59 Å². The molecule has 2 aliphatic rings. The van der Waals surface area contributed by atoms with Crippen molar-refractivity contribution in [1.82, 2.24) is 0 Å². The fourth-order valence-corrected chi connectivity index (χ4v) is 4.80. The Bertz CT molecular complexity index is 1410. The van der Waals surface area contributed by atoms with Crippen molar-refractivity contribution in [2.24, 2.45) is 11.8 Å². The number of aryl methyl sites for hydroxylation is 1. The quantitative estimate of drug-likeness (QED) is 0.370. The Labute approximate surface area is 215 Å². The highest BCUT2D eigenvalue weighted by atomic mass is 16.2. The van der Waals surface area contributed by atoms with Crippen LogP contribution in [0.25, 0.3) is 0 Å². The van der Waals surface area contributed by atoms with Gasteiger partial charge in [0.2, 0.25) is 11.8 Å². The van der Waals surface area contributed by atoms with Crippen LogP contribution in [0.15, 0.2) is 84.4 Å². The third-order valence-corrected chi connectivity index (χ3v) is 6.93. The van der Waals surface area contributed by atoms with E-state index < -0.39 is 0 Å². The molecule has 0 radical (unpaired) electrons. The second-order valence-electron chi connectivity index (χ2n) is 9.61. The number of amides is 4. The standard InChI is InChI=1S/C30H27N3O4/c1-18-3-6-20(7-4-18)27(34)31-22-10-12-23(13-11-22)32-28(35)21-8-14-24(15-9-21)33-29(36)25-16-5-19(2)17-26(25)30(33)37/h3-15,25-26H,16-17H2,1-2H3,(H,31,34)(H,32,35)/t25-,26+/m0/s1. The first-order valence-corrected chi connectivity index (χ1v) is 12.2. The summed E-state index contributed by atoms with van der Waals surface area (Å²) in [5.41, 5.74) is 4.83. The molecule has 1 fully saturated rings. The van der Waals surface area contributed by atoms with Crippen molar-refractivity contribution in [3.05, 3.63) is 101 Å². The average molecular weight is 494 g/mol. The molecular weight excluding hydrogens is 466 g/mol. The van der Waals surface area contributed by atoms with E-state index in [9.17, 15) is 19.2 Å². The Morgan fingerprint density at radius 1 is 0.703 bits per heavy atom. The van der Waals surface area contributed by atoms with Crippen molar-refractivity contribution in [1.29, 1.82) is 0 Å². The van der Waals surface area contributed by atoms with E-state index in [1.807, 2.05) is 32.1 Å². The first kappa shape index (κ1) is 24.2. The molecule has 4 amide bonds. The molecule has 186 valence electrons. The molecule has 2 atom stereocenters. The number of anilines is 3. The van der Waals surface area contributed by atoms with Gasteiger partial charge in [0.1, 0.15) is 0 Å². The smallest absolute Gasteiger partial charge is 0.255 e. The van der Waals surface area contributed by atoms with Crippen molar-refractivity contribution in [3.63, 3.8) is 0 Å². The summed E-state index contributed by atoms with van der Waals surface area (Å²) in [5.74, 6) is -1.48. The van der Waals surface area contributed by atoms with Gasteiger partial charge >= 0.3 is 0 Å². The van der Waals surface area contributed by atoms with Crippen molar-refractivity contribution < 1.29 is 19.2 Å². The van der Waals surface area contributed by atoms with Crippen LogP contribution in [0.1, 0.15) is 46.0 Å². The fraction of sp³-hybridized carbons (Fsp3) is 0.200. The second-order valence-corrected chi connectivity index (χ2v) is 9.61. The summed E-state index contributed by atoms with van der Waals surface area (Å²) < 4.78 is 0. The van der Waals surface area contributed by atoms with E-state index in [-0.39, 0.29) is 35.5 Å². The molecule has 1 heterocycles. The van der Waals surface area contributed by atoms with Crippen LogP contribution in [0.2, 0.25) is 0 Å². The molecular formula is C30H27N3O4. The summed E-state index contributed by atoms with van der Waals surface area (Å²) in [7, 11) is 0. The zero-order valence-electron chi connectivity index (χ0n) is 20.7. The highest BCUT2D eigenvalue weighted by molar-refractivity contribution is 6.22. The number of rotatable bonds is 5. The van der Waals surface area contributed by atoms with Gasteiger partial charge < -0.3 is 10.6 Å². The highest BCUT2D eigenvalue weighted by Crippen LogP contribution is 2.39. The Kier molecular flexibility index (Phi) is 6.44. The summed E-state index contributed by atoms with van der Waals surface area (Å²) in [4.78, 5) is 52.2. The van der Waals surface area contributed by atoms with E-state index >= 15 is 0 Å². The minimum absolute atomic E-state index is 0.172. The third-order valence-electron chi connectivity index (χ3n) is 6.93. The predicted molar refractivity (Wildman–Crippen MR) is 142 cm³/mol. The van der Waals surface area contributed by atoms with Crippen LogP contribution in [-0.4, -0.2) is 23.6 Å². The van der Waals surface area contributed by atoms with Crippen molar-refractivity contribution >= 4 is 40.7 Å². The van der Waals surface area contributed by atoms with E-state index in [1.165, 1.54) is 4.90 Å². The van der Waals surface area contributed by atoms with E-state index in [4.69, 9.17) is 0 Å². The number of benzene rings is 3. The lowest BCUT2D eigenvalue weighted by Crippen LogP contribution is -2.30. The number of carbonyl (C=O) groups is 4. The molecule has 0 saturated carbocycles. The van der Waals surface area contributed by atoms with E-state index in [1.54, 1.807) is 60.7 Å². The number of hydrogen-bond donors (Lipinski definition) is 2. The lowest BCUT2D eigenvalue weighted by atomic mass is 9.82. The maximum Gasteiger partial charge on any atom is 0.255 e. The second kappa shape index (κ2) is 9.85. The molecule has 5 rings (SSSR count). The predicted octanol–water partition coefficient (Wildman–Crippen LogP) is 5.35. The largest absolute Gasteiger partial charge is 0.322 e. The molecule has 2 N–H and O–H groups in total. The number of allylic oxidation sites excluding steroid dienone is 2. The molecule has 7 heteroatoms. The number of hydrogen-bond acceptors (Lipinski definition) is 4. The average Bonchev–Trinajstić information content (AvgIpc) is 3.14. The first-order chi connectivity index (χ1) is 17.8. The summed E-state index contributed by atoms with van der Waals surface area (Å²) in [6, 6.07) is 20.6. The van der Waals surface area contributed by atoms with Crippen LogP contribution in [0.3, 0.4) is 0 Å². The van der Waals surface area contributed by atoms with Crippen LogP contribution >= 0.6 is 0 Å². The Hall–Kier alpha value is -4.52. The number of imide groups is 1. The molecule has 3 aromatic carbocycles. The highest BCUT2D eigenvalue weighted by Gasteiger charge is 2.48. The summed E-state index contributed by atoms with van der Waals surface area (Å²) in [6.45, 7) is 3.95. The zero-order chi connectivity index (χ0) is 26.1. The molecule has 0 unspecified atom stereocenters. The monoisotopic (exact) mass is 493 g/mol. The van der Waals surface area contributed by atoms with Crippen molar-refractivity contribution in [2.75, 3.05) is 15.5 Å². The lowest BCUT2D eigenvalue weighted by molar-refractivity contribution is -0.122. The van der Waals surface area contributed by atoms with Crippen LogP contribution in [0.4, 0.5) is 17.1 Å². The molecule has 3 aromatic rings. The van der Waals surface area contributed by atoms with Gasteiger partial charge in [0.15, 0.2) is 0 Å². The Balaban J connectivity index is 1.21. The number of nitrogens with one attached hydrogen (secondary N) is 2. The Morgan fingerprint density at radius 3 is 1.73 bits per heavy atom. The van der Waals surface area contributed by atoms with Gasteiger partial charge in [-0.1, -0.05) is 29.3 Å². The number of nitrogens with zero attached hydrogens (tertiary/aromatic N) is 1. The van der Waals surface area contributed by atoms with Gasteiger partial charge in [-0.3, -0.25) is 24.1 Å². The SMILES string of the molecule is CC1=CC[C@@H]2C(=O)N(c3ccc(C(=O)Nc4ccc(NC(=O)c5ccc(C)cc5)cc4)cc3)C(=O)[C@@H]2C1. The summed E-state index contributed by atoms with van der Waals surface area (Å²) in [6.07, 6.45) is 3.24. The van der Waals surface area contributed by atoms with Crippen LogP contribution < -0.4 is 15.5 Å². The minimum Gasteiger partial charge on any atom is -0.322 e. The molecule has 37 heavy (non-hydrogen) atoms. The minimum atomic E-state index is -0.324. The lowest BCUT2D eigenvalue weighted by Gasteiger charge is -2.18. The Morgan fingerprint density at radius 2 is 1.19 bits per heavy atom. The summed E-state index contributed by atoms with van der Waals surface area (Å²) >= 11 is 0. The van der Waals surface area contributed by atoms with Crippen molar-refractivity contribution in [2.45, 2.75) is 26.7 Å². The van der Waals surface area contributed by atoms with E-state index in [2.05, 4.69) is 10.6 Å². The molecule has 1 aliphatic heterocycles. The van der Waals surface area contributed by atoms with Gasteiger partial charge in [-0.05, 0) is 87.4 Å². The summed E-state index contributed by atoms with van der Waals surface area (Å²) in [5, 5.41) is 5.66. The zero-order valence-corrected chi connectivity index (χ0v) is 20.7. The van der Waals surface area contributed by atoms with Crippen molar-refractivity contribution in [3.8, 4) is 0 Å². The molecule has 0 aromatic heterocycles. The number of fused-ring (bicyclic) bond motifs is 1. The van der Waals surface area contributed by atoms with Gasteiger partial charge in [-0.25, -0.2) is 0 Å². The van der Waals surface area contributed by atoms with Gasteiger partial charge in [-0.2, -0.15) is 0 Å². The number of carbonyl (C=O) groups excluding carboxylic acids is 4. The normalized spacial score (nSPS) is 18.8. The third kappa shape index (κ3) is 4.93. The molecule has 7 nitrogen and oxygen atoms in total.